The Morgan fingerprint density at radius 2 is 1.90 bits per heavy atom. The molecule has 0 radical (unpaired) electrons. The van der Waals surface area contributed by atoms with Crippen LogP contribution in [0.1, 0.15) is 10.5 Å². The molecule has 0 spiro atoms. The summed E-state index contributed by atoms with van der Waals surface area (Å²) in [5.74, 6) is -0.312. The molecular formula is C14H15ClN2O3S. The molecule has 2 rings (SSSR count). The summed E-state index contributed by atoms with van der Waals surface area (Å²) >= 11 is 7.45. The molecule has 1 aromatic carbocycles. The lowest BCUT2D eigenvalue weighted by Crippen LogP contribution is -2.36. The van der Waals surface area contributed by atoms with Crippen molar-refractivity contribution in [2.75, 3.05) is 26.3 Å². The van der Waals surface area contributed by atoms with Crippen LogP contribution in [0.3, 0.4) is 0 Å². The second kappa shape index (κ2) is 7.51. The Kier molecular flexibility index (Phi) is 5.69. The average Bonchev–Trinajstić information content (AvgIpc) is 2.96. The zero-order chi connectivity index (χ0) is 15.2. The van der Waals surface area contributed by atoms with Gasteiger partial charge >= 0.3 is 0 Å². The monoisotopic (exact) mass is 326 g/mol. The summed E-state index contributed by atoms with van der Waals surface area (Å²) in [7, 11) is 0. The van der Waals surface area contributed by atoms with E-state index in [4.69, 9.17) is 21.8 Å². The third-order valence-electron chi connectivity index (χ3n) is 2.85. The molecule has 0 saturated heterocycles. The highest BCUT2D eigenvalue weighted by molar-refractivity contribution is 7.13. The number of aliphatic hydroxyl groups is 2. The first-order valence-corrected chi connectivity index (χ1v) is 7.64. The van der Waals surface area contributed by atoms with Crippen LogP contribution in [-0.4, -0.2) is 52.3 Å². The molecule has 21 heavy (non-hydrogen) atoms. The first-order valence-electron chi connectivity index (χ1n) is 6.38. The molecule has 1 heterocycles. The molecule has 0 aliphatic carbocycles. The zero-order valence-electron chi connectivity index (χ0n) is 11.2. The van der Waals surface area contributed by atoms with E-state index in [9.17, 15) is 4.79 Å². The summed E-state index contributed by atoms with van der Waals surface area (Å²) in [6.45, 7) is 0.0111. The second-order valence-corrected chi connectivity index (χ2v) is 5.52. The van der Waals surface area contributed by atoms with E-state index >= 15 is 0 Å². The van der Waals surface area contributed by atoms with Gasteiger partial charge in [-0.15, -0.1) is 11.3 Å². The van der Waals surface area contributed by atoms with Gasteiger partial charge in [0.15, 0.2) is 0 Å². The van der Waals surface area contributed by atoms with Crippen molar-refractivity contribution in [2.45, 2.75) is 0 Å². The van der Waals surface area contributed by atoms with E-state index in [-0.39, 0.29) is 37.9 Å². The number of amides is 1. The van der Waals surface area contributed by atoms with Crippen LogP contribution < -0.4 is 0 Å². The summed E-state index contributed by atoms with van der Waals surface area (Å²) in [4.78, 5) is 17.9. The maximum atomic E-state index is 12.3. The van der Waals surface area contributed by atoms with E-state index < -0.39 is 0 Å². The van der Waals surface area contributed by atoms with Gasteiger partial charge in [0.2, 0.25) is 0 Å². The predicted octanol–water partition coefficient (Wildman–Crippen LogP) is 1.89. The number of benzene rings is 1. The molecule has 1 amide bonds. The molecule has 2 aromatic rings. The predicted molar refractivity (Wildman–Crippen MR) is 82.6 cm³/mol. The van der Waals surface area contributed by atoms with Gasteiger partial charge in [0.05, 0.1) is 18.2 Å². The Bertz CT molecular complexity index is 612. The number of aromatic nitrogens is 1. The van der Waals surface area contributed by atoms with E-state index in [0.29, 0.717) is 10.0 Å². The van der Waals surface area contributed by atoms with E-state index in [1.54, 1.807) is 11.4 Å². The molecule has 0 unspecified atom stereocenters. The summed E-state index contributed by atoms with van der Waals surface area (Å²) < 4.78 is 0. The molecule has 0 fully saturated rings. The fourth-order valence-electron chi connectivity index (χ4n) is 1.85. The first kappa shape index (κ1) is 15.9. The number of carbonyl (C=O) groups excluding carboxylic acids is 1. The van der Waals surface area contributed by atoms with Crippen molar-refractivity contribution >= 4 is 28.8 Å². The number of hydrogen-bond acceptors (Lipinski definition) is 5. The molecule has 0 aliphatic heterocycles. The minimum absolute atomic E-state index is 0.159. The zero-order valence-corrected chi connectivity index (χ0v) is 12.8. The van der Waals surface area contributed by atoms with Crippen molar-refractivity contribution in [1.82, 2.24) is 9.88 Å². The van der Waals surface area contributed by atoms with Crippen molar-refractivity contribution in [3.8, 4) is 10.6 Å². The number of hydrogen-bond donors (Lipinski definition) is 2. The number of halogens is 1. The molecule has 7 heteroatoms. The Balaban J connectivity index is 2.23. The van der Waals surface area contributed by atoms with Crippen LogP contribution in [0, 0.1) is 0 Å². The molecule has 0 atom stereocenters. The molecule has 0 aliphatic rings. The van der Waals surface area contributed by atoms with Gasteiger partial charge in [-0.3, -0.25) is 4.79 Å². The molecule has 0 bridgehead atoms. The van der Waals surface area contributed by atoms with Gasteiger partial charge in [-0.1, -0.05) is 29.8 Å². The van der Waals surface area contributed by atoms with Crippen LogP contribution in [0.25, 0.3) is 10.6 Å². The molecular weight excluding hydrogens is 312 g/mol. The van der Waals surface area contributed by atoms with Gasteiger partial charge in [0.25, 0.3) is 5.91 Å². The lowest BCUT2D eigenvalue weighted by atomic mass is 10.2. The number of nitrogens with zero attached hydrogens (tertiary/aromatic N) is 2. The molecule has 5 nitrogen and oxygen atoms in total. The van der Waals surface area contributed by atoms with Gasteiger partial charge in [-0.2, -0.15) is 0 Å². The highest BCUT2D eigenvalue weighted by Crippen LogP contribution is 2.30. The van der Waals surface area contributed by atoms with Gasteiger partial charge in [0.1, 0.15) is 10.7 Å². The maximum absolute atomic E-state index is 12.3. The molecule has 0 saturated carbocycles. The second-order valence-electron chi connectivity index (χ2n) is 4.26. The lowest BCUT2D eigenvalue weighted by Gasteiger charge is -2.19. The minimum atomic E-state index is -0.312. The number of carbonyl (C=O) groups is 1. The highest BCUT2D eigenvalue weighted by atomic mass is 35.5. The van der Waals surface area contributed by atoms with Gasteiger partial charge in [-0.25, -0.2) is 4.98 Å². The maximum Gasteiger partial charge on any atom is 0.273 e. The Labute approximate surface area is 131 Å². The number of aliphatic hydroxyl groups excluding tert-OH is 2. The summed E-state index contributed by atoms with van der Waals surface area (Å²) in [5, 5.41) is 20.8. The van der Waals surface area contributed by atoms with Gasteiger partial charge in [0, 0.05) is 24.0 Å². The van der Waals surface area contributed by atoms with Crippen LogP contribution >= 0.6 is 22.9 Å². The number of thiazole rings is 1. The minimum Gasteiger partial charge on any atom is -0.395 e. The number of rotatable bonds is 6. The smallest absolute Gasteiger partial charge is 0.273 e. The van der Waals surface area contributed by atoms with Crippen molar-refractivity contribution in [3.63, 3.8) is 0 Å². The highest BCUT2D eigenvalue weighted by Gasteiger charge is 2.19. The topological polar surface area (TPSA) is 73.7 Å². The lowest BCUT2D eigenvalue weighted by molar-refractivity contribution is 0.0680. The van der Waals surface area contributed by atoms with Crippen molar-refractivity contribution < 1.29 is 15.0 Å². The van der Waals surface area contributed by atoms with E-state index in [2.05, 4.69) is 4.98 Å². The van der Waals surface area contributed by atoms with Crippen LogP contribution in [-0.2, 0) is 0 Å². The van der Waals surface area contributed by atoms with Crippen molar-refractivity contribution in [2.24, 2.45) is 0 Å². The normalized spacial score (nSPS) is 10.6. The van der Waals surface area contributed by atoms with E-state index in [1.807, 2.05) is 18.2 Å². The standard InChI is InChI=1S/C14H15ClN2O3S/c15-11-4-2-1-3-10(11)13-16-12(9-21-13)14(20)17(5-7-18)6-8-19/h1-4,9,18-19H,5-8H2. The van der Waals surface area contributed by atoms with Crippen molar-refractivity contribution in [1.29, 1.82) is 0 Å². The van der Waals surface area contributed by atoms with Crippen LogP contribution in [0.15, 0.2) is 29.6 Å². The van der Waals surface area contributed by atoms with Gasteiger partial charge in [-0.05, 0) is 6.07 Å². The van der Waals surface area contributed by atoms with Gasteiger partial charge < -0.3 is 15.1 Å². The first-order chi connectivity index (χ1) is 10.2. The Hall–Kier alpha value is -1.47. The van der Waals surface area contributed by atoms with Crippen LogP contribution in [0.2, 0.25) is 5.02 Å². The third-order valence-corrected chi connectivity index (χ3v) is 4.06. The van der Waals surface area contributed by atoms with Crippen molar-refractivity contribution in [3.05, 3.63) is 40.4 Å². The fraction of sp³-hybridized carbons (Fsp3) is 0.286. The van der Waals surface area contributed by atoms with E-state index in [0.717, 1.165) is 5.56 Å². The van der Waals surface area contributed by atoms with Crippen LogP contribution in [0.5, 0.6) is 0 Å². The molecule has 1 aromatic heterocycles. The van der Waals surface area contributed by atoms with E-state index in [1.165, 1.54) is 16.2 Å². The summed E-state index contributed by atoms with van der Waals surface area (Å²) in [6.07, 6.45) is 0. The largest absolute Gasteiger partial charge is 0.395 e. The fourth-order valence-corrected chi connectivity index (χ4v) is 2.96. The third kappa shape index (κ3) is 3.79. The molecule has 2 N–H and O–H groups in total. The molecule has 112 valence electrons. The quantitative estimate of drug-likeness (QED) is 0.850. The average molecular weight is 327 g/mol. The summed E-state index contributed by atoms with van der Waals surface area (Å²) in [6, 6.07) is 7.29. The summed E-state index contributed by atoms with van der Waals surface area (Å²) in [5.41, 5.74) is 1.07. The Morgan fingerprint density at radius 1 is 1.24 bits per heavy atom. The SMILES string of the molecule is O=C(c1csc(-c2ccccc2Cl)n1)N(CCO)CCO. The Morgan fingerprint density at radius 3 is 2.52 bits per heavy atom. The van der Waals surface area contributed by atoms with Crippen LogP contribution in [0.4, 0.5) is 0 Å².